The fourth-order valence-electron chi connectivity index (χ4n) is 2.10. The van der Waals surface area contributed by atoms with E-state index in [9.17, 15) is 4.79 Å². The van der Waals surface area contributed by atoms with E-state index in [1.165, 1.54) is 7.11 Å². The van der Waals surface area contributed by atoms with E-state index in [1.807, 2.05) is 20.8 Å². The van der Waals surface area contributed by atoms with Crippen molar-refractivity contribution in [2.45, 2.75) is 45.2 Å². The van der Waals surface area contributed by atoms with Gasteiger partial charge in [-0.3, -0.25) is 5.32 Å². The minimum Gasteiger partial charge on any atom is -0.468 e. The third-order valence-electron chi connectivity index (χ3n) is 2.90. The molecule has 0 aromatic carbocycles. The Morgan fingerprint density at radius 3 is 2.50 bits per heavy atom. The molecule has 94 valence electrons. The number of nitrogens with one attached hydrogen (secondary N) is 1. The van der Waals surface area contributed by atoms with Crippen LogP contribution in [0, 0.1) is 5.92 Å². The molecule has 1 unspecified atom stereocenters. The van der Waals surface area contributed by atoms with Gasteiger partial charge in [-0.15, -0.1) is 0 Å². The molecule has 1 aliphatic rings. The largest absolute Gasteiger partial charge is 0.468 e. The number of esters is 1. The predicted molar refractivity (Wildman–Crippen MR) is 62.2 cm³/mol. The standard InChI is InChI=1S/C12H23NO3/c1-5-16-8-12(10-6-7-10,11(14)15-4)13-9(2)3/h9-10,13H,5-8H2,1-4H3. The summed E-state index contributed by atoms with van der Waals surface area (Å²) >= 11 is 0. The topological polar surface area (TPSA) is 47.6 Å². The molecular weight excluding hydrogens is 206 g/mol. The SMILES string of the molecule is CCOCC(NC(C)C)(C(=O)OC)C1CC1. The first-order chi connectivity index (χ1) is 7.56. The third-order valence-corrected chi connectivity index (χ3v) is 2.90. The second-order valence-corrected chi connectivity index (χ2v) is 4.67. The van der Waals surface area contributed by atoms with Gasteiger partial charge in [-0.2, -0.15) is 0 Å². The molecule has 4 nitrogen and oxygen atoms in total. The summed E-state index contributed by atoms with van der Waals surface area (Å²) in [6, 6.07) is 0.236. The van der Waals surface area contributed by atoms with Crippen molar-refractivity contribution in [2.75, 3.05) is 20.3 Å². The maximum absolute atomic E-state index is 12.0. The molecule has 1 atom stereocenters. The molecule has 1 aliphatic carbocycles. The maximum Gasteiger partial charge on any atom is 0.328 e. The van der Waals surface area contributed by atoms with Crippen LogP contribution in [0.25, 0.3) is 0 Å². The molecular formula is C12H23NO3. The minimum atomic E-state index is -0.640. The van der Waals surface area contributed by atoms with E-state index in [2.05, 4.69) is 5.32 Å². The third kappa shape index (κ3) is 2.95. The Hall–Kier alpha value is -0.610. The first kappa shape index (κ1) is 13.5. The van der Waals surface area contributed by atoms with Gasteiger partial charge in [0.05, 0.1) is 13.7 Å². The average molecular weight is 229 g/mol. The number of methoxy groups -OCH3 is 1. The van der Waals surface area contributed by atoms with E-state index < -0.39 is 5.54 Å². The Morgan fingerprint density at radius 1 is 1.50 bits per heavy atom. The summed E-state index contributed by atoms with van der Waals surface area (Å²) in [5, 5.41) is 3.34. The molecule has 1 fully saturated rings. The summed E-state index contributed by atoms with van der Waals surface area (Å²) in [6.07, 6.45) is 2.14. The van der Waals surface area contributed by atoms with Crippen molar-refractivity contribution in [3.8, 4) is 0 Å². The van der Waals surface area contributed by atoms with Gasteiger partial charge in [-0.05, 0) is 39.5 Å². The predicted octanol–water partition coefficient (Wildman–Crippen LogP) is 1.34. The summed E-state index contributed by atoms with van der Waals surface area (Å²) in [5.41, 5.74) is -0.640. The molecule has 1 rings (SSSR count). The van der Waals surface area contributed by atoms with Crippen molar-refractivity contribution in [3.05, 3.63) is 0 Å². The molecule has 4 heteroatoms. The number of hydrogen-bond donors (Lipinski definition) is 1. The van der Waals surface area contributed by atoms with E-state index in [-0.39, 0.29) is 12.0 Å². The molecule has 0 aliphatic heterocycles. The van der Waals surface area contributed by atoms with Gasteiger partial charge in [-0.1, -0.05) is 0 Å². The average Bonchev–Trinajstić information content (AvgIpc) is 3.06. The van der Waals surface area contributed by atoms with Gasteiger partial charge in [0, 0.05) is 12.6 Å². The Bertz CT molecular complexity index is 238. The lowest BCUT2D eigenvalue weighted by molar-refractivity contribution is -0.153. The van der Waals surface area contributed by atoms with Gasteiger partial charge in [0.25, 0.3) is 0 Å². The first-order valence-corrected chi connectivity index (χ1v) is 6.00. The molecule has 0 bridgehead atoms. The van der Waals surface area contributed by atoms with Gasteiger partial charge >= 0.3 is 5.97 Å². The van der Waals surface area contributed by atoms with Crippen LogP contribution in [0.1, 0.15) is 33.6 Å². The number of hydrogen-bond acceptors (Lipinski definition) is 4. The molecule has 1 N–H and O–H groups in total. The molecule has 16 heavy (non-hydrogen) atoms. The normalized spacial score (nSPS) is 19.6. The summed E-state index contributed by atoms with van der Waals surface area (Å²) in [7, 11) is 1.44. The second kappa shape index (κ2) is 5.64. The highest BCUT2D eigenvalue weighted by molar-refractivity contribution is 5.82. The fourth-order valence-corrected chi connectivity index (χ4v) is 2.10. The number of ether oxygens (including phenoxy) is 2. The molecule has 0 saturated heterocycles. The van der Waals surface area contributed by atoms with E-state index in [4.69, 9.17) is 9.47 Å². The number of carbonyl (C=O) groups excluding carboxylic acids is 1. The van der Waals surface area contributed by atoms with Gasteiger partial charge < -0.3 is 9.47 Å². The number of rotatable bonds is 7. The lowest BCUT2D eigenvalue weighted by Crippen LogP contribution is -2.60. The van der Waals surface area contributed by atoms with Gasteiger partial charge in [0.1, 0.15) is 5.54 Å². The van der Waals surface area contributed by atoms with Crippen molar-refractivity contribution < 1.29 is 14.3 Å². The van der Waals surface area contributed by atoms with Crippen molar-refractivity contribution >= 4 is 5.97 Å². The van der Waals surface area contributed by atoms with E-state index in [0.717, 1.165) is 12.8 Å². The van der Waals surface area contributed by atoms with Crippen LogP contribution in [0.5, 0.6) is 0 Å². The van der Waals surface area contributed by atoms with Gasteiger partial charge in [-0.25, -0.2) is 4.79 Å². The van der Waals surface area contributed by atoms with Crippen molar-refractivity contribution in [2.24, 2.45) is 5.92 Å². The van der Waals surface area contributed by atoms with Crippen LogP contribution in [0.15, 0.2) is 0 Å². The van der Waals surface area contributed by atoms with Crippen LogP contribution in [0.2, 0.25) is 0 Å². The fraction of sp³-hybridized carbons (Fsp3) is 0.917. The summed E-state index contributed by atoms with van der Waals surface area (Å²) in [4.78, 5) is 12.0. The van der Waals surface area contributed by atoms with Crippen LogP contribution in [-0.2, 0) is 14.3 Å². The Morgan fingerprint density at radius 2 is 2.12 bits per heavy atom. The highest BCUT2D eigenvalue weighted by Crippen LogP contribution is 2.41. The van der Waals surface area contributed by atoms with Crippen LogP contribution >= 0.6 is 0 Å². The van der Waals surface area contributed by atoms with Crippen LogP contribution in [-0.4, -0.2) is 37.9 Å². The van der Waals surface area contributed by atoms with Gasteiger partial charge in [0.2, 0.25) is 0 Å². The quantitative estimate of drug-likeness (QED) is 0.669. The molecule has 0 aromatic heterocycles. The summed E-state index contributed by atoms with van der Waals surface area (Å²) < 4.78 is 10.4. The molecule has 0 heterocycles. The zero-order valence-corrected chi connectivity index (χ0v) is 10.7. The zero-order valence-electron chi connectivity index (χ0n) is 10.7. The lowest BCUT2D eigenvalue weighted by Gasteiger charge is -2.33. The smallest absolute Gasteiger partial charge is 0.328 e. The highest BCUT2D eigenvalue weighted by atomic mass is 16.5. The van der Waals surface area contributed by atoms with Crippen LogP contribution < -0.4 is 5.32 Å². The molecule has 0 aromatic rings. The molecule has 0 amide bonds. The highest BCUT2D eigenvalue weighted by Gasteiger charge is 2.52. The lowest BCUT2D eigenvalue weighted by atomic mass is 9.93. The van der Waals surface area contributed by atoms with Gasteiger partial charge in [0.15, 0.2) is 0 Å². The van der Waals surface area contributed by atoms with E-state index in [0.29, 0.717) is 19.1 Å². The van der Waals surface area contributed by atoms with E-state index >= 15 is 0 Å². The Balaban J connectivity index is 2.80. The monoisotopic (exact) mass is 229 g/mol. The first-order valence-electron chi connectivity index (χ1n) is 6.00. The Kier molecular flexibility index (Phi) is 4.74. The van der Waals surface area contributed by atoms with Crippen molar-refractivity contribution in [1.29, 1.82) is 0 Å². The van der Waals surface area contributed by atoms with Crippen molar-refractivity contribution in [1.82, 2.24) is 5.32 Å². The zero-order chi connectivity index (χ0) is 12.2. The summed E-state index contributed by atoms with van der Waals surface area (Å²) in [6.45, 7) is 7.02. The Labute approximate surface area is 97.7 Å². The van der Waals surface area contributed by atoms with Crippen LogP contribution in [0.4, 0.5) is 0 Å². The second-order valence-electron chi connectivity index (χ2n) is 4.67. The molecule has 0 radical (unpaired) electrons. The van der Waals surface area contributed by atoms with Crippen LogP contribution in [0.3, 0.4) is 0 Å². The maximum atomic E-state index is 12.0. The summed E-state index contributed by atoms with van der Waals surface area (Å²) in [5.74, 6) is 0.158. The molecule has 1 saturated carbocycles. The minimum absolute atomic E-state index is 0.197. The van der Waals surface area contributed by atoms with Crippen molar-refractivity contribution in [3.63, 3.8) is 0 Å². The molecule has 0 spiro atoms. The van der Waals surface area contributed by atoms with E-state index in [1.54, 1.807) is 0 Å². The number of carbonyl (C=O) groups is 1.